The number of carbonyl (C=O) groups is 2. The Kier molecular flexibility index (Phi) is 6.66. The van der Waals surface area contributed by atoms with Crippen LogP contribution in [0.1, 0.15) is 56.7 Å². The van der Waals surface area contributed by atoms with Gasteiger partial charge in [0, 0.05) is 11.6 Å². The number of carbonyl (C=O) groups excluding carboxylic acids is 2. The van der Waals surface area contributed by atoms with Gasteiger partial charge in [0.15, 0.2) is 0 Å². The van der Waals surface area contributed by atoms with Crippen molar-refractivity contribution in [2.75, 3.05) is 7.11 Å². The minimum absolute atomic E-state index is 0.0276. The van der Waals surface area contributed by atoms with E-state index in [9.17, 15) is 14.7 Å². The summed E-state index contributed by atoms with van der Waals surface area (Å²) >= 11 is 6.13. The molecule has 7 heteroatoms. The van der Waals surface area contributed by atoms with Gasteiger partial charge in [0.1, 0.15) is 17.3 Å². The molecule has 1 aliphatic carbocycles. The number of hydrogen-bond acceptors (Lipinski definition) is 5. The van der Waals surface area contributed by atoms with Crippen molar-refractivity contribution >= 4 is 29.1 Å². The largest absolute Gasteiger partial charge is 0.507 e. The molecule has 1 unspecified atom stereocenters. The monoisotopic (exact) mass is 469 g/mol. The molecule has 1 N–H and O–H groups in total. The van der Waals surface area contributed by atoms with Gasteiger partial charge in [-0.25, -0.2) is 0 Å². The normalized spacial score (nSPS) is 20.6. The minimum Gasteiger partial charge on any atom is -0.507 e. The van der Waals surface area contributed by atoms with E-state index < -0.39 is 17.7 Å². The number of hydrogen-bond donors (Lipinski definition) is 1. The summed E-state index contributed by atoms with van der Waals surface area (Å²) in [4.78, 5) is 28.0. The number of amides is 1. The maximum atomic E-state index is 13.2. The van der Waals surface area contributed by atoms with E-state index in [1.54, 1.807) is 23.1 Å². The second-order valence-corrected chi connectivity index (χ2v) is 9.14. The van der Waals surface area contributed by atoms with Crippen LogP contribution in [0.5, 0.6) is 11.5 Å². The number of ether oxygens (including phenoxy) is 2. The van der Waals surface area contributed by atoms with Crippen LogP contribution in [-0.2, 0) is 9.59 Å². The summed E-state index contributed by atoms with van der Waals surface area (Å²) in [5, 5.41) is 11.6. The summed E-state index contributed by atoms with van der Waals surface area (Å²) in [5.74, 6) is -0.416. The molecular formula is C26H28ClNO5. The molecule has 0 spiro atoms. The zero-order valence-electron chi connectivity index (χ0n) is 19.0. The van der Waals surface area contributed by atoms with E-state index in [0.717, 1.165) is 31.2 Å². The summed E-state index contributed by atoms with van der Waals surface area (Å²) in [6, 6.07) is 11.4. The van der Waals surface area contributed by atoms with Gasteiger partial charge in [0.05, 0.1) is 29.9 Å². The van der Waals surface area contributed by atoms with Crippen LogP contribution in [0.4, 0.5) is 0 Å². The van der Waals surface area contributed by atoms with Crippen molar-refractivity contribution in [3.63, 3.8) is 0 Å². The van der Waals surface area contributed by atoms with Gasteiger partial charge in [-0.1, -0.05) is 36.6 Å². The fraction of sp³-hybridized carbons (Fsp3) is 0.385. The molecule has 33 heavy (non-hydrogen) atoms. The Morgan fingerprint density at radius 3 is 2.36 bits per heavy atom. The average Bonchev–Trinajstić information content (AvgIpc) is 3.41. The zero-order chi connectivity index (χ0) is 23.7. The number of nitrogens with zero attached hydrogens (tertiary/aromatic N) is 1. The Labute approximate surface area is 198 Å². The molecule has 1 saturated heterocycles. The molecule has 4 rings (SSSR count). The van der Waals surface area contributed by atoms with Crippen LogP contribution in [0, 0.1) is 0 Å². The van der Waals surface area contributed by atoms with Crippen molar-refractivity contribution in [2.24, 2.45) is 0 Å². The molecule has 0 aromatic heterocycles. The second kappa shape index (κ2) is 9.48. The predicted octanol–water partition coefficient (Wildman–Crippen LogP) is 5.50. The second-order valence-electron chi connectivity index (χ2n) is 8.73. The lowest BCUT2D eigenvalue weighted by atomic mass is 9.94. The first-order valence-electron chi connectivity index (χ1n) is 11.2. The molecule has 1 amide bonds. The molecule has 2 aromatic carbocycles. The highest BCUT2D eigenvalue weighted by molar-refractivity contribution is 6.46. The Bertz CT molecular complexity index is 1090. The first kappa shape index (κ1) is 23.2. The van der Waals surface area contributed by atoms with E-state index in [2.05, 4.69) is 0 Å². The van der Waals surface area contributed by atoms with Gasteiger partial charge in [0.2, 0.25) is 0 Å². The highest BCUT2D eigenvalue weighted by atomic mass is 35.5. The van der Waals surface area contributed by atoms with Crippen LogP contribution in [-0.4, -0.2) is 41.0 Å². The maximum absolute atomic E-state index is 13.2. The lowest BCUT2D eigenvalue weighted by Gasteiger charge is -2.31. The minimum atomic E-state index is -0.680. The van der Waals surface area contributed by atoms with Gasteiger partial charge < -0.3 is 19.5 Å². The Balaban J connectivity index is 1.83. The number of rotatable bonds is 6. The van der Waals surface area contributed by atoms with E-state index in [-0.39, 0.29) is 23.5 Å². The van der Waals surface area contributed by atoms with Crippen LogP contribution in [0.15, 0.2) is 48.0 Å². The molecular weight excluding hydrogens is 442 g/mol. The standard InChI is InChI=1S/C26H28ClNO5/c1-15(2)33-19-11-8-16(9-12-19)23-22(24(29)17-10-13-20(27)21(14-17)32-3)25(30)26(31)28(23)18-6-4-5-7-18/h8-15,18,23,29H,4-7H2,1-3H3/b24-22-. The molecule has 6 nitrogen and oxygen atoms in total. The van der Waals surface area contributed by atoms with Gasteiger partial charge >= 0.3 is 0 Å². The summed E-state index contributed by atoms with van der Waals surface area (Å²) in [5.41, 5.74) is 1.19. The molecule has 174 valence electrons. The van der Waals surface area contributed by atoms with Gasteiger partial charge in [0.25, 0.3) is 11.7 Å². The third kappa shape index (κ3) is 4.44. The van der Waals surface area contributed by atoms with E-state index in [1.807, 2.05) is 38.1 Å². The van der Waals surface area contributed by atoms with Crippen LogP contribution in [0.3, 0.4) is 0 Å². The van der Waals surface area contributed by atoms with Gasteiger partial charge in [-0.05, 0) is 62.6 Å². The van der Waals surface area contributed by atoms with Crippen LogP contribution in [0.25, 0.3) is 5.76 Å². The molecule has 0 bridgehead atoms. The van der Waals surface area contributed by atoms with Crippen molar-refractivity contribution < 1.29 is 24.2 Å². The Morgan fingerprint density at radius 1 is 1.09 bits per heavy atom. The van der Waals surface area contributed by atoms with Crippen molar-refractivity contribution in [1.82, 2.24) is 4.90 Å². The molecule has 1 saturated carbocycles. The number of aliphatic hydroxyl groups is 1. The number of ketones is 1. The fourth-order valence-electron chi connectivity index (χ4n) is 4.70. The number of halogens is 1. The highest BCUT2D eigenvalue weighted by Crippen LogP contribution is 2.44. The molecule has 2 fully saturated rings. The maximum Gasteiger partial charge on any atom is 0.295 e. The van der Waals surface area contributed by atoms with Crippen molar-refractivity contribution in [3.05, 3.63) is 64.2 Å². The summed E-state index contributed by atoms with van der Waals surface area (Å²) < 4.78 is 11.0. The van der Waals surface area contributed by atoms with Gasteiger partial charge in [-0.15, -0.1) is 0 Å². The van der Waals surface area contributed by atoms with E-state index in [1.165, 1.54) is 7.11 Å². The van der Waals surface area contributed by atoms with E-state index >= 15 is 0 Å². The third-order valence-electron chi connectivity index (χ3n) is 6.19. The lowest BCUT2D eigenvalue weighted by Crippen LogP contribution is -2.37. The van der Waals surface area contributed by atoms with Crippen LogP contribution < -0.4 is 9.47 Å². The average molecular weight is 470 g/mol. The van der Waals surface area contributed by atoms with E-state index in [4.69, 9.17) is 21.1 Å². The smallest absolute Gasteiger partial charge is 0.295 e. The van der Waals surface area contributed by atoms with Crippen molar-refractivity contribution in [1.29, 1.82) is 0 Å². The molecule has 2 aliphatic rings. The summed E-state index contributed by atoms with van der Waals surface area (Å²) in [6.07, 6.45) is 3.73. The lowest BCUT2D eigenvalue weighted by molar-refractivity contribution is -0.141. The third-order valence-corrected chi connectivity index (χ3v) is 6.50. The Hall–Kier alpha value is -2.99. The predicted molar refractivity (Wildman–Crippen MR) is 127 cm³/mol. The Morgan fingerprint density at radius 2 is 1.76 bits per heavy atom. The van der Waals surface area contributed by atoms with Crippen molar-refractivity contribution in [3.8, 4) is 11.5 Å². The molecule has 2 aromatic rings. The van der Waals surface area contributed by atoms with Crippen LogP contribution in [0.2, 0.25) is 5.02 Å². The van der Waals surface area contributed by atoms with Crippen LogP contribution >= 0.6 is 11.6 Å². The first-order valence-corrected chi connectivity index (χ1v) is 11.6. The number of benzene rings is 2. The quantitative estimate of drug-likeness (QED) is 0.343. The number of aliphatic hydroxyl groups excluding tert-OH is 1. The first-order chi connectivity index (χ1) is 15.8. The fourth-order valence-corrected chi connectivity index (χ4v) is 4.89. The van der Waals surface area contributed by atoms with E-state index in [0.29, 0.717) is 22.1 Å². The zero-order valence-corrected chi connectivity index (χ0v) is 19.8. The van der Waals surface area contributed by atoms with Gasteiger partial charge in [-0.2, -0.15) is 0 Å². The number of methoxy groups -OCH3 is 1. The molecule has 1 heterocycles. The molecule has 1 aliphatic heterocycles. The summed E-state index contributed by atoms with van der Waals surface area (Å²) in [6.45, 7) is 3.90. The number of likely N-dealkylation sites (tertiary alicyclic amines) is 1. The van der Waals surface area contributed by atoms with Gasteiger partial charge in [-0.3, -0.25) is 9.59 Å². The molecule has 1 atom stereocenters. The highest BCUT2D eigenvalue weighted by Gasteiger charge is 2.49. The SMILES string of the molecule is COc1cc(/C(O)=C2/C(=O)C(=O)N(C3CCCC3)C2c2ccc(OC(C)C)cc2)ccc1Cl. The van der Waals surface area contributed by atoms with Crippen molar-refractivity contribution in [2.45, 2.75) is 57.7 Å². The molecule has 0 radical (unpaired) electrons. The topological polar surface area (TPSA) is 76.1 Å². The summed E-state index contributed by atoms with van der Waals surface area (Å²) in [7, 11) is 1.48. The number of Topliss-reactive ketones (excluding diaryl/α,β-unsaturated/α-hetero) is 1.